The number of fused-ring (bicyclic) bond motifs is 1. The first-order valence-corrected chi connectivity index (χ1v) is 9.83. The smallest absolute Gasteiger partial charge is 0.203 e. The summed E-state index contributed by atoms with van der Waals surface area (Å²) in [6.07, 6.45) is 1.65. The second-order valence-electron chi connectivity index (χ2n) is 7.20. The molecule has 0 N–H and O–H groups in total. The molecule has 2 aromatic carbocycles. The van der Waals surface area contributed by atoms with Gasteiger partial charge in [-0.3, -0.25) is 4.90 Å². The molecule has 0 fully saturated rings. The fourth-order valence-electron chi connectivity index (χ4n) is 4.21. The van der Waals surface area contributed by atoms with Crippen LogP contribution in [-0.2, 0) is 12.8 Å². The molecule has 1 heterocycles. The lowest BCUT2D eigenvalue weighted by atomic mass is 9.87. The summed E-state index contributed by atoms with van der Waals surface area (Å²) in [6.45, 7) is 0.931. The fraction of sp³-hybridized carbons (Fsp3) is 0.478. The van der Waals surface area contributed by atoms with Crippen LogP contribution in [0.2, 0.25) is 0 Å². The Kier molecular flexibility index (Phi) is 10.5. The van der Waals surface area contributed by atoms with E-state index in [4.69, 9.17) is 28.4 Å². The van der Waals surface area contributed by atoms with Crippen LogP contribution in [0.15, 0.2) is 18.2 Å². The van der Waals surface area contributed by atoms with Gasteiger partial charge in [-0.2, -0.15) is 0 Å². The van der Waals surface area contributed by atoms with Gasteiger partial charge < -0.3 is 28.4 Å². The number of likely N-dealkylation sites (N-methyl/N-ethyl adjacent to an activating group) is 1. The molecule has 3 rings (SSSR count). The van der Waals surface area contributed by atoms with Gasteiger partial charge in [0.1, 0.15) is 0 Å². The summed E-state index contributed by atoms with van der Waals surface area (Å²) in [6, 6.07) is 6.14. The minimum Gasteiger partial charge on any atom is -0.493 e. The van der Waals surface area contributed by atoms with Crippen LogP contribution >= 0.6 is 24.8 Å². The molecule has 0 radical (unpaired) electrons. The molecule has 0 saturated heterocycles. The molecule has 7 nitrogen and oxygen atoms in total. The predicted octanol–water partition coefficient (Wildman–Crippen LogP) is 4.35. The van der Waals surface area contributed by atoms with Gasteiger partial charge in [0.2, 0.25) is 11.5 Å². The number of benzene rings is 2. The Balaban J connectivity index is 0.00000256. The van der Waals surface area contributed by atoms with E-state index in [9.17, 15) is 0 Å². The Bertz CT molecular complexity index is 884. The Morgan fingerprint density at radius 1 is 0.719 bits per heavy atom. The highest BCUT2D eigenvalue weighted by molar-refractivity contribution is 5.85. The lowest BCUT2D eigenvalue weighted by Gasteiger charge is -2.36. The maximum absolute atomic E-state index is 5.82. The summed E-state index contributed by atoms with van der Waals surface area (Å²) in [7, 11) is 11.9. The molecule has 0 bridgehead atoms. The summed E-state index contributed by atoms with van der Waals surface area (Å²) < 4.78 is 33.5. The summed E-state index contributed by atoms with van der Waals surface area (Å²) >= 11 is 0. The van der Waals surface area contributed by atoms with Gasteiger partial charge in [-0.25, -0.2) is 0 Å². The van der Waals surface area contributed by atoms with Crippen LogP contribution in [0, 0.1) is 0 Å². The Hall–Kier alpha value is -2.22. The zero-order chi connectivity index (χ0) is 21.8. The average Bonchev–Trinajstić information content (AvgIpc) is 2.78. The zero-order valence-electron chi connectivity index (χ0n) is 19.6. The number of methoxy groups -OCH3 is 6. The number of rotatable bonds is 8. The molecule has 0 spiro atoms. The number of nitrogens with zero attached hydrogens (tertiary/aromatic N) is 1. The van der Waals surface area contributed by atoms with Gasteiger partial charge in [0.05, 0.1) is 42.7 Å². The van der Waals surface area contributed by atoms with Crippen molar-refractivity contribution in [1.82, 2.24) is 4.90 Å². The van der Waals surface area contributed by atoms with Gasteiger partial charge in [0.15, 0.2) is 23.0 Å². The molecule has 0 amide bonds. The van der Waals surface area contributed by atoms with E-state index in [0.717, 1.165) is 36.3 Å². The van der Waals surface area contributed by atoms with Gasteiger partial charge >= 0.3 is 0 Å². The molecule has 0 aliphatic carbocycles. The van der Waals surface area contributed by atoms with Crippen molar-refractivity contribution in [1.29, 1.82) is 0 Å². The first-order valence-electron chi connectivity index (χ1n) is 9.83. The zero-order valence-corrected chi connectivity index (χ0v) is 21.3. The first-order chi connectivity index (χ1) is 14.5. The second-order valence-corrected chi connectivity index (χ2v) is 7.20. The highest BCUT2D eigenvalue weighted by Gasteiger charge is 2.32. The quantitative estimate of drug-likeness (QED) is 0.545. The van der Waals surface area contributed by atoms with Crippen molar-refractivity contribution in [3.63, 3.8) is 0 Å². The average molecular weight is 490 g/mol. The van der Waals surface area contributed by atoms with Crippen molar-refractivity contribution in [2.75, 3.05) is 56.3 Å². The maximum Gasteiger partial charge on any atom is 0.203 e. The van der Waals surface area contributed by atoms with E-state index in [1.54, 1.807) is 42.7 Å². The maximum atomic E-state index is 5.82. The van der Waals surface area contributed by atoms with E-state index in [1.807, 2.05) is 12.1 Å². The fourth-order valence-corrected chi connectivity index (χ4v) is 4.21. The van der Waals surface area contributed by atoms with Gasteiger partial charge in [0.25, 0.3) is 0 Å². The van der Waals surface area contributed by atoms with Crippen LogP contribution in [0.3, 0.4) is 0 Å². The van der Waals surface area contributed by atoms with Crippen molar-refractivity contribution in [2.45, 2.75) is 18.9 Å². The van der Waals surface area contributed by atoms with Crippen LogP contribution in [0.5, 0.6) is 34.5 Å². The highest BCUT2D eigenvalue weighted by atomic mass is 35.5. The lowest BCUT2D eigenvalue weighted by Crippen LogP contribution is -2.34. The van der Waals surface area contributed by atoms with E-state index in [-0.39, 0.29) is 30.9 Å². The van der Waals surface area contributed by atoms with Crippen LogP contribution in [0.1, 0.15) is 22.7 Å². The second kappa shape index (κ2) is 12.1. The molecule has 1 aliphatic rings. The van der Waals surface area contributed by atoms with Gasteiger partial charge in [-0.15, -0.1) is 24.8 Å². The third-order valence-electron chi connectivity index (χ3n) is 5.71. The Morgan fingerprint density at radius 3 is 1.69 bits per heavy atom. The van der Waals surface area contributed by atoms with Crippen molar-refractivity contribution < 1.29 is 28.4 Å². The molecule has 1 atom stereocenters. The Labute approximate surface area is 202 Å². The van der Waals surface area contributed by atoms with E-state index in [1.165, 1.54) is 5.56 Å². The molecule has 2 aromatic rings. The number of ether oxygens (including phenoxy) is 6. The number of hydrogen-bond acceptors (Lipinski definition) is 7. The molecular weight excluding hydrogens is 457 g/mol. The number of halogens is 2. The van der Waals surface area contributed by atoms with Crippen molar-refractivity contribution in [2.24, 2.45) is 0 Å². The van der Waals surface area contributed by atoms with Crippen molar-refractivity contribution in [3.8, 4) is 34.5 Å². The van der Waals surface area contributed by atoms with E-state index in [0.29, 0.717) is 28.7 Å². The number of hydrogen-bond donors (Lipinski definition) is 0. The van der Waals surface area contributed by atoms with E-state index in [2.05, 4.69) is 18.0 Å². The first kappa shape index (κ1) is 27.8. The highest BCUT2D eigenvalue weighted by Crippen LogP contribution is 2.48. The van der Waals surface area contributed by atoms with Gasteiger partial charge in [-0.1, -0.05) is 0 Å². The lowest BCUT2D eigenvalue weighted by molar-refractivity contribution is 0.219. The van der Waals surface area contributed by atoms with Gasteiger partial charge in [0, 0.05) is 18.2 Å². The van der Waals surface area contributed by atoms with Gasteiger partial charge in [-0.05, 0) is 49.2 Å². The molecule has 0 saturated carbocycles. The minimum absolute atomic E-state index is 0. The third kappa shape index (κ3) is 5.05. The minimum atomic E-state index is 0. The monoisotopic (exact) mass is 489 g/mol. The van der Waals surface area contributed by atoms with Crippen LogP contribution in [0.4, 0.5) is 0 Å². The largest absolute Gasteiger partial charge is 0.493 e. The molecule has 9 heteroatoms. The topological polar surface area (TPSA) is 58.6 Å². The summed E-state index contributed by atoms with van der Waals surface area (Å²) in [4.78, 5) is 2.33. The van der Waals surface area contributed by atoms with Crippen LogP contribution in [-0.4, -0.2) is 61.2 Å². The third-order valence-corrected chi connectivity index (χ3v) is 5.71. The molecular formula is C23H33Cl2NO6. The van der Waals surface area contributed by atoms with Crippen LogP contribution in [0.25, 0.3) is 0 Å². The molecule has 1 unspecified atom stereocenters. The SMILES string of the molecule is COc1cc(CC2c3c(cc(OC)c(OC)c3OC)CCN2C)cc(OC)c1OC.Cl.Cl. The normalized spacial score (nSPS) is 14.9. The molecule has 0 aromatic heterocycles. The Morgan fingerprint density at radius 2 is 1.22 bits per heavy atom. The molecule has 32 heavy (non-hydrogen) atoms. The van der Waals surface area contributed by atoms with E-state index < -0.39 is 0 Å². The van der Waals surface area contributed by atoms with Crippen molar-refractivity contribution >= 4 is 24.8 Å². The van der Waals surface area contributed by atoms with Crippen LogP contribution < -0.4 is 28.4 Å². The summed E-state index contributed by atoms with van der Waals surface area (Å²) in [5, 5.41) is 0. The molecule has 1 aliphatic heterocycles. The molecule has 180 valence electrons. The predicted molar refractivity (Wildman–Crippen MR) is 129 cm³/mol. The summed E-state index contributed by atoms with van der Waals surface area (Å²) in [5.41, 5.74) is 3.41. The van der Waals surface area contributed by atoms with Crippen molar-refractivity contribution in [3.05, 3.63) is 34.9 Å². The van der Waals surface area contributed by atoms with E-state index >= 15 is 0 Å². The standard InChI is InChI=1S/C23H31NO6.2ClH/c1-24-9-8-15-13-19(27-4)22(29-6)23(30-7)20(15)16(24)10-14-11-17(25-2)21(28-5)18(12-14)26-3;;/h11-13,16H,8-10H2,1-7H3;2*1H. The summed E-state index contributed by atoms with van der Waals surface area (Å²) in [5.74, 6) is 3.89.